The summed E-state index contributed by atoms with van der Waals surface area (Å²) in [6.07, 6.45) is -2.91. The molecule has 0 fully saturated rings. The highest BCUT2D eigenvalue weighted by Gasteiger charge is 2.37. The Kier molecular flexibility index (Phi) is 7.01. The van der Waals surface area contributed by atoms with Gasteiger partial charge in [0, 0.05) is 30.8 Å². The van der Waals surface area contributed by atoms with Gasteiger partial charge in [-0.05, 0) is 25.1 Å². The molecule has 0 bridgehead atoms. The van der Waals surface area contributed by atoms with Crippen molar-refractivity contribution in [2.45, 2.75) is 45.0 Å². The van der Waals surface area contributed by atoms with Crippen molar-refractivity contribution in [1.82, 2.24) is 19.7 Å². The van der Waals surface area contributed by atoms with E-state index in [1.165, 1.54) is 23.9 Å². The summed E-state index contributed by atoms with van der Waals surface area (Å²) in [5.41, 5.74) is 1.86. The van der Waals surface area contributed by atoms with Crippen molar-refractivity contribution in [1.29, 1.82) is 0 Å². The van der Waals surface area contributed by atoms with Crippen LogP contribution in [0.25, 0.3) is 0 Å². The number of urea groups is 1. The van der Waals surface area contributed by atoms with Crippen molar-refractivity contribution in [2.75, 3.05) is 25.6 Å². The fraction of sp³-hybridized carbons (Fsp3) is 0.476. The highest BCUT2D eigenvalue weighted by atomic mass is 35.5. The van der Waals surface area contributed by atoms with Gasteiger partial charge in [0.2, 0.25) is 0 Å². The summed E-state index contributed by atoms with van der Waals surface area (Å²) in [4.78, 5) is 33.1. The number of nitrogens with zero attached hydrogens (tertiary/aromatic N) is 4. The number of halogens is 4. The molecule has 0 saturated heterocycles. The standard InChI is InChI=1S/C21H23ClF3N5O4/c1-11-5-17-14(8-29(11)21(32)26-12-3-4-16(23)15(22)6-12)19-20(31)28(2)34-13(7-30(19)27-17)9-33-10-18(24)25/h3-4,6,11,13,18H,5,7-10H2,1-2H3,(H,26,32)/t11-,13?/m1/s1. The number of benzene rings is 1. The lowest BCUT2D eigenvalue weighted by Gasteiger charge is -2.33. The lowest BCUT2D eigenvalue weighted by atomic mass is 9.99. The van der Waals surface area contributed by atoms with Crippen LogP contribution in [0.2, 0.25) is 5.02 Å². The number of carbonyl (C=O) groups excluding carboxylic acids is 2. The summed E-state index contributed by atoms with van der Waals surface area (Å²) in [6.45, 7) is 1.20. The first-order chi connectivity index (χ1) is 16.1. The molecular formula is C21H23ClF3N5O4. The minimum Gasteiger partial charge on any atom is -0.373 e. The molecule has 13 heteroatoms. The number of nitrogens with one attached hydrogen (secondary N) is 1. The van der Waals surface area contributed by atoms with E-state index in [-0.39, 0.29) is 36.5 Å². The summed E-state index contributed by atoms with van der Waals surface area (Å²) in [7, 11) is 1.42. The van der Waals surface area contributed by atoms with Crippen LogP contribution in [0.5, 0.6) is 0 Å². The van der Waals surface area contributed by atoms with Gasteiger partial charge in [0.15, 0.2) is 0 Å². The van der Waals surface area contributed by atoms with Crippen molar-refractivity contribution >= 4 is 29.2 Å². The molecule has 0 spiro atoms. The van der Waals surface area contributed by atoms with Crippen LogP contribution in [0.15, 0.2) is 18.2 Å². The van der Waals surface area contributed by atoms with Crippen LogP contribution in [0.1, 0.15) is 28.7 Å². The first-order valence-corrected chi connectivity index (χ1v) is 10.9. The maximum absolute atomic E-state index is 13.4. The number of aromatic nitrogens is 2. The van der Waals surface area contributed by atoms with E-state index in [0.29, 0.717) is 23.4 Å². The minimum absolute atomic E-state index is 0.110. The molecule has 3 amide bonds. The molecule has 34 heavy (non-hydrogen) atoms. The zero-order valence-electron chi connectivity index (χ0n) is 18.4. The average molecular weight is 502 g/mol. The molecule has 1 aromatic heterocycles. The molecule has 2 atom stereocenters. The highest BCUT2D eigenvalue weighted by molar-refractivity contribution is 6.31. The number of ether oxygens (including phenoxy) is 1. The van der Waals surface area contributed by atoms with Crippen LogP contribution >= 0.6 is 11.6 Å². The zero-order chi connectivity index (χ0) is 24.6. The fourth-order valence-corrected chi connectivity index (χ4v) is 4.21. The summed E-state index contributed by atoms with van der Waals surface area (Å²) < 4.78 is 44.7. The normalized spacial score (nSPS) is 20.3. The van der Waals surface area contributed by atoms with Gasteiger partial charge in [0.1, 0.15) is 24.2 Å². The van der Waals surface area contributed by atoms with E-state index < -0.39 is 36.9 Å². The van der Waals surface area contributed by atoms with Crippen LogP contribution < -0.4 is 5.32 Å². The van der Waals surface area contributed by atoms with Gasteiger partial charge in [-0.3, -0.25) is 14.3 Å². The Morgan fingerprint density at radius 1 is 1.41 bits per heavy atom. The molecule has 3 heterocycles. The predicted octanol–water partition coefficient (Wildman–Crippen LogP) is 3.32. The Labute approximate surface area is 198 Å². The van der Waals surface area contributed by atoms with E-state index in [4.69, 9.17) is 21.2 Å². The van der Waals surface area contributed by atoms with Crippen molar-refractivity contribution in [3.05, 3.63) is 46.0 Å². The van der Waals surface area contributed by atoms with E-state index >= 15 is 0 Å². The molecule has 1 unspecified atom stereocenters. The predicted molar refractivity (Wildman–Crippen MR) is 115 cm³/mol. The molecule has 2 aliphatic rings. The third kappa shape index (κ3) is 4.98. The monoisotopic (exact) mass is 501 g/mol. The van der Waals surface area contributed by atoms with Gasteiger partial charge < -0.3 is 15.0 Å². The maximum atomic E-state index is 13.4. The van der Waals surface area contributed by atoms with Crippen molar-refractivity contribution in [2.24, 2.45) is 0 Å². The van der Waals surface area contributed by atoms with Crippen molar-refractivity contribution < 1.29 is 32.3 Å². The van der Waals surface area contributed by atoms with Crippen LogP contribution in [0, 0.1) is 5.82 Å². The molecular weight excluding hydrogens is 479 g/mol. The second-order valence-corrected chi connectivity index (χ2v) is 8.56. The molecule has 1 aromatic carbocycles. The van der Waals surface area contributed by atoms with E-state index in [2.05, 4.69) is 10.4 Å². The Morgan fingerprint density at radius 2 is 2.18 bits per heavy atom. The van der Waals surface area contributed by atoms with Gasteiger partial charge in [0.25, 0.3) is 12.3 Å². The third-order valence-corrected chi connectivity index (χ3v) is 5.92. The maximum Gasteiger partial charge on any atom is 0.322 e. The summed E-state index contributed by atoms with van der Waals surface area (Å²) in [5, 5.41) is 8.15. The van der Waals surface area contributed by atoms with E-state index in [9.17, 15) is 22.8 Å². The number of carbonyl (C=O) groups is 2. The number of alkyl halides is 2. The molecule has 184 valence electrons. The van der Waals surface area contributed by atoms with Gasteiger partial charge in [-0.2, -0.15) is 5.10 Å². The van der Waals surface area contributed by atoms with Crippen LogP contribution in [0.3, 0.4) is 0 Å². The van der Waals surface area contributed by atoms with Crippen LogP contribution in [0.4, 0.5) is 23.7 Å². The van der Waals surface area contributed by atoms with Crippen molar-refractivity contribution in [3.8, 4) is 0 Å². The molecule has 4 rings (SSSR count). The average Bonchev–Trinajstić information content (AvgIpc) is 3.05. The number of anilines is 1. The molecule has 0 radical (unpaired) electrons. The van der Waals surface area contributed by atoms with Gasteiger partial charge in [-0.25, -0.2) is 23.0 Å². The van der Waals surface area contributed by atoms with Gasteiger partial charge in [-0.1, -0.05) is 11.6 Å². The summed E-state index contributed by atoms with van der Waals surface area (Å²) >= 11 is 5.80. The Bertz CT molecular complexity index is 1100. The Morgan fingerprint density at radius 3 is 2.88 bits per heavy atom. The fourth-order valence-electron chi connectivity index (χ4n) is 4.03. The lowest BCUT2D eigenvalue weighted by molar-refractivity contribution is -0.169. The lowest BCUT2D eigenvalue weighted by Crippen LogP contribution is -2.45. The van der Waals surface area contributed by atoms with E-state index in [1.807, 2.05) is 6.92 Å². The molecule has 0 saturated carbocycles. The SMILES string of the molecule is C[C@@H]1Cc2nn3c(c2CN1C(=O)Nc1ccc(F)c(Cl)c1)C(=O)N(C)OC(COCC(F)F)C3. The molecule has 2 aromatic rings. The first-order valence-electron chi connectivity index (χ1n) is 10.6. The topological polar surface area (TPSA) is 88.9 Å². The van der Waals surface area contributed by atoms with Crippen LogP contribution in [-0.2, 0) is 29.1 Å². The number of amides is 3. The number of hydroxylamine groups is 2. The second kappa shape index (κ2) is 9.80. The Hall–Kier alpha value is -2.83. The second-order valence-electron chi connectivity index (χ2n) is 8.15. The smallest absolute Gasteiger partial charge is 0.322 e. The number of hydrogen-bond donors (Lipinski definition) is 1. The third-order valence-electron chi connectivity index (χ3n) is 5.63. The first kappa shape index (κ1) is 24.3. The largest absolute Gasteiger partial charge is 0.373 e. The quantitative estimate of drug-likeness (QED) is 0.679. The van der Waals surface area contributed by atoms with E-state index in [1.54, 1.807) is 4.90 Å². The molecule has 2 aliphatic heterocycles. The number of fused-ring (bicyclic) bond motifs is 3. The van der Waals surface area contributed by atoms with E-state index in [0.717, 1.165) is 11.1 Å². The summed E-state index contributed by atoms with van der Waals surface area (Å²) in [6, 6.07) is 3.19. The molecule has 0 aliphatic carbocycles. The number of hydrogen-bond acceptors (Lipinski definition) is 5. The molecule has 1 N–H and O–H groups in total. The molecule has 9 nitrogen and oxygen atoms in total. The zero-order valence-corrected chi connectivity index (χ0v) is 19.2. The summed E-state index contributed by atoms with van der Waals surface area (Å²) in [5.74, 6) is -1.06. The van der Waals surface area contributed by atoms with Gasteiger partial charge >= 0.3 is 6.03 Å². The minimum atomic E-state index is -2.61. The van der Waals surface area contributed by atoms with Crippen molar-refractivity contribution in [3.63, 3.8) is 0 Å². The number of rotatable bonds is 5. The van der Waals surface area contributed by atoms with Crippen LogP contribution in [-0.4, -0.2) is 70.5 Å². The highest BCUT2D eigenvalue weighted by Crippen LogP contribution is 2.29. The van der Waals surface area contributed by atoms with Gasteiger partial charge in [-0.15, -0.1) is 0 Å². The Balaban J connectivity index is 1.54. The van der Waals surface area contributed by atoms with Gasteiger partial charge in [0.05, 0.1) is 30.4 Å².